The van der Waals surface area contributed by atoms with Crippen LogP contribution in [0, 0.1) is 0 Å². The molecular formula is C27H36F3N7O6S. The number of benzene rings is 1. The second-order valence-corrected chi connectivity index (χ2v) is 12.1. The number of aromatic amines is 1. The van der Waals surface area contributed by atoms with Crippen LogP contribution >= 0.6 is 0 Å². The highest BCUT2D eigenvalue weighted by atomic mass is 32.2. The number of anilines is 3. The van der Waals surface area contributed by atoms with Crippen molar-refractivity contribution < 1.29 is 41.0 Å². The first-order valence-corrected chi connectivity index (χ1v) is 15.5. The van der Waals surface area contributed by atoms with E-state index in [0.29, 0.717) is 42.2 Å². The van der Waals surface area contributed by atoms with Gasteiger partial charge in [-0.2, -0.15) is 27.4 Å². The lowest BCUT2D eigenvalue weighted by molar-refractivity contribution is -0.192. The number of carbonyl (C=O) groups is 1. The lowest BCUT2D eigenvalue weighted by atomic mass is 10.0. The van der Waals surface area contributed by atoms with Gasteiger partial charge in [-0.15, -0.1) is 0 Å². The standard InChI is InChI=1S/C25H35N7O4S.C2HF3O2/c1-3-9-26-23-20-6-10-27-24(20)30-25(29-23)28-21-5-4-19(17-22(21)35-2)37(33,34)32-11-7-18(8-12-32)31-13-15-36-16-14-31;3-2(4,5)1(6)7/h4-6,10,17-18H,3,7-9,11-16H2,1-2H3,(H3,26,27,28,29,30);(H,6,7). The normalized spacial score (nSPS) is 17.1. The van der Waals surface area contributed by atoms with Crippen LogP contribution in [0.2, 0.25) is 0 Å². The molecule has 2 saturated heterocycles. The summed E-state index contributed by atoms with van der Waals surface area (Å²) >= 11 is 0. The van der Waals surface area contributed by atoms with Crippen molar-refractivity contribution in [2.24, 2.45) is 0 Å². The van der Waals surface area contributed by atoms with Gasteiger partial charge < -0.3 is 30.2 Å². The number of hydrogen-bond acceptors (Lipinski definition) is 10. The number of halogens is 3. The van der Waals surface area contributed by atoms with Gasteiger partial charge in [-0.1, -0.05) is 6.92 Å². The Morgan fingerprint density at radius 3 is 2.45 bits per heavy atom. The van der Waals surface area contributed by atoms with E-state index in [2.05, 4.69) is 37.4 Å². The highest BCUT2D eigenvalue weighted by Crippen LogP contribution is 2.33. The van der Waals surface area contributed by atoms with Crippen LogP contribution in [0.1, 0.15) is 26.2 Å². The van der Waals surface area contributed by atoms with Crippen molar-refractivity contribution in [1.29, 1.82) is 0 Å². The van der Waals surface area contributed by atoms with Crippen LogP contribution in [0.4, 0.5) is 30.6 Å². The minimum Gasteiger partial charge on any atom is -0.495 e. The number of H-pyrrole nitrogens is 1. The monoisotopic (exact) mass is 643 g/mol. The predicted molar refractivity (Wildman–Crippen MR) is 157 cm³/mol. The number of alkyl halides is 3. The van der Waals surface area contributed by atoms with E-state index in [0.717, 1.165) is 63.3 Å². The van der Waals surface area contributed by atoms with Crippen molar-refractivity contribution >= 4 is 44.5 Å². The Morgan fingerprint density at radius 1 is 1.16 bits per heavy atom. The minimum absolute atomic E-state index is 0.214. The number of rotatable bonds is 9. The maximum absolute atomic E-state index is 13.4. The van der Waals surface area contributed by atoms with E-state index in [9.17, 15) is 21.6 Å². The molecule has 0 unspecified atom stereocenters. The largest absolute Gasteiger partial charge is 0.495 e. The van der Waals surface area contributed by atoms with Crippen LogP contribution < -0.4 is 15.4 Å². The molecule has 0 aliphatic carbocycles. The van der Waals surface area contributed by atoms with Crippen LogP contribution in [0.5, 0.6) is 5.75 Å². The number of carboxylic acids is 1. The molecule has 5 rings (SSSR count). The minimum atomic E-state index is -5.08. The van der Waals surface area contributed by atoms with E-state index in [1.807, 2.05) is 12.3 Å². The summed E-state index contributed by atoms with van der Waals surface area (Å²) in [6, 6.07) is 7.21. The van der Waals surface area contributed by atoms with Gasteiger partial charge in [-0.25, -0.2) is 13.2 Å². The lowest BCUT2D eigenvalue weighted by Gasteiger charge is -2.39. The molecule has 0 bridgehead atoms. The quantitative estimate of drug-likeness (QED) is 0.269. The van der Waals surface area contributed by atoms with Gasteiger partial charge in [-0.3, -0.25) is 4.90 Å². The van der Waals surface area contributed by atoms with E-state index in [1.54, 1.807) is 22.5 Å². The fourth-order valence-corrected chi connectivity index (χ4v) is 6.46. The first kappa shape index (κ1) is 33.2. The second kappa shape index (κ2) is 14.4. The van der Waals surface area contributed by atoms with E-state index in [4.69, 9.17) is 19.4 Å². The number of carboxylic acid groups (broad SMARTS) is 1. The Bertz CT molecular complexity index is 1520. The Kier molecular flexibility index (Phi) is 10.9. The van der Waals surface area contributed by atoms with Gasteiger partial charge in [0.25, 0.3) is 0 Å². The number of piperidine rings is 1. The molecule has 44 heavy (non-hydrogen) atoms. The van der Waals surface area contributed by atoms with Crippen molar-refractivity contribution in [3.8, 4) is 5.75 Å². The summed E-state index contributed by atoms with van der Waals surface area (Å²) in [5.74, 6) is -1.24. The molecule has 0 radical (unpaired) electrons. The zero-order chi connectivity index (χ0) is 31.9. The third kappa shape index (κ3) is 8.08. The SMILES string of the molecule is CCCNc1nc(Nc2ccc(S(=O)(=O)N3CCC(N4CCOCC4)CC3)cc2OC)nc2[nH]ccc12.O=C(O)C(F)(F)F. The number of nitrogens with zero attached hydrogens (tertiary/aromatic N) is 4. The fourth-order valence-electron chi connectivity index (χ4n) is 4.97. The van der Waals surface area contributed by atoms with E-state index in [1.165, 1.54) is 7.11 Å². The van der Waals surface area contributed by atoms with Gasteiger partial charge in [0.15, 0.2) is 0 Å². The highest BCUT2D eigenvalue weighted by molar-refractivity contribution is 7.89. The maximum Gasteiger partial charge on any atom is 0.490 e. The highest BCUT2D eigenvalue weighted by Gasteiger charge is 2.38. The number of fused-ring (bicyclic) bond motifs is 1. The number of aromatic nitrogens is 3. The molecule has 2 fully saturated rings. The van der Waals surface area contributed by atoms with Crippen molar-refractivity contribution in [2.75, 3.05) is 63.7 Å². The van der Waals surface area contributed by atoms with E-state index >= 15 is 0 Å². The van der Waals surface area contributed by atoms with Crippen LogP contribution in [0.15, 0.2) is 35.4 Å². The summed E-state index contributed by atoms with van der Waals surface area (Å²) in [6.45, 7) is 7.22. The van der Waals surface area contributed by atoms with Crippen LogP contribution in [-0.4, -0.2) is 109 Å². The zero-order valence-electron chi connectivity index (χ0n) is 24.4. The fraction of sp³-hybridized carbons (Fsp3) is 0.519. The van der Waals surface area contributed by atoms with Crippen molar-refractivity contribution in [3.05, 3.63) is 30.5 Å². The molecule has 4 heterocycles. The molecule has 2 aromatic heterocycles. The summed E-state index contributed by atoms with van der Waals surface area (Å²) in [7, 11) is -2.12. The molecular weight excluding hydrogens is 607 g/mol. The van der Waals surface area contributed by atoms with Gasteiger partial charge in [0.1, 0.15) is 17.2 Å². The van der Waals surface area contributed by atoms with Gasteiger partial charge in [-0.05, 0) is 37.5 Å². The van der Waals surface area contributed by atoms with Crippen molar-refractivity contribution in [2.45, 2.75) is 43.3 Å². The topological polar surface area (TPSA) is 162 Å². The van der Waals surface area contributed by atoms with Gasteiger partial charge in [0.05, 0.1) is 36.3 Å². The number of hydrogen-bond donors (Lipinski definition) is 4. The Morgan fingerprint density at radius 2 is 1.84 bits per heavy atom. The average molecular weight is 644 g/mol. The lowest BCUT2D eigenvalue weighted by Crippen LogP contribution is -2.50. The number of methoxy groups -OCH3 is 1. The third-order valence-electron chi connectivity index (χ3n) is 7.24. The molecule has 0 saturated carbocycles. The van der Waals surface area contributed by atoms with Gasteiger partial charge >= 0.3 is 12.1 Å². The Hall–Kier alpha value is -3.67. The molecule has 0 amide bonds. The molecule has 0 atom stereocenters. The molecule has 2 aliphatic heterocycles. The Balaban J connectivity index is 0.000000566. The smallest absolute Gasteiger partial charge is 0.490 e. The third-order valence-corrected chi connectivity index (χ3v) is 9.14. The molecule has 3 aromatic rings. The van der Waals surface area contributed by atoms with Crippen LogP contribution in [0.25, 0.3) is 11.0 Å². The average Bonchev–Trinajstić information content (AvgIpc) is 3.49. The molecule has 13 nitrogen and oxygen atoms in total. The van der Waals surface area contributed by atoms with Crippen LogP contribution in [-0.2, 0) is 19.6 Å². The van der Waals surface area contributed by atoms with Gasteiger partial charge in [0, 0.05) is 51.0 Å². The first-order valence-electron chi connectivity index (χ1n) is 14.1. The van der Waals surface area contributed by atoms with Gasteiger partial charge in [0.2, 0.25) is 16.0 Å². The molecule has 0 spiro atoms. The number of ether oxygens (including phenoxy) is 2. The molecule has 1 aromatic carbocycles. The summed E-state index contributed by atoms with van der Waals surface area (Å²) in [5, 5.41) is 14.6. The molecule has 242 valence electrons. The summed E-state index contributed by atoms with van der Waals surface area (Å²) in [6.07, 6.45) is -0.649. The number of morpholine rings is 1. The van der Waals surface area contributed by atoms with E-state index < -0.39 is 22.2 Å². The summed E-state index contributed by atoms with van der Waals surface area (Å²) < 4.78 is 71.2. The Labute approximate surface area is 252 Å². The second-order valence-electron chi connectivity index (χ2n) is 10.1. The first-order chi connectivity index (χ1) is 20.9. The predicted octanol–water partition coefficient (Wildman–Crippen LogP) is 3.65. The molecule has 17 heteroatoms. The number of sulfonamides is 1. The van der Waals surface area contributed by atoms with Crippen molar-refractivity contribution in [1.82, 2.24) is 24.2 Å². The molecule has 4 N–H and O–H groups in total. The van der Waals surface area contributed by atoms with Crippen LogP contribution in [0.3, 0.4) is 0 Å². The summed E-state index contributed by atoms with van der Waals surface area (Å²) in [4.78, 5) is 23.8. The summed E-state index contributed by atoms with van der Waals surface area (Å²) in [5.41, 5.74) is 1.29. The maximum atomic E-state index is 13.4. The molecule has 2 aliphatic rings. The van der Waals surface area contributed by atoms with E-state index in [-0.39, 0.29) is 4.90 Å². The van der Waals surface area contributed by atoms with Crippen molar-refractivity contribution in [3.63, 3.8) is 0 Å². The zero-order valence-corrected chi connectivity index (χ0v) is 25.2. The number of aliphatic carboxylic acids is 1. The number of nitrogens with one attached hydrogen (secondary N) is 3.